The predicted molar refractivity (Wildman–Crippen MR) is 136 cm³/mol. The minimum atomic E-state index is -0.642. The molecule has 0 saturated carbocycles. The Kier molecular flexibility index (Phi) is 6.12. The zero-order valence-electron chi connectivity index (χ0n) is 18.6. The highest BCUT2D eigenvalue weighted by atomic mass is 32.1. The molecule has 0 unspecified atom stereocenters. The number of allylic oxidation sites excluding steroid dienone is 1. The van der Waals surface area contributed by atoms with Gasteiger partial charge in [-0.1, -0.05) is 48.5 Å². The van der Waals surface area contributed by atoms with Crippen LogP contribution in [-0.2, 0) is 16.0 Å². The Morgan fingerprint density at radius 1 is 1.03 bits per heavy atom. The lowest BCUT2D eigenvalue weighted by molar-refractivity contribution is -0.119. The maximum atomic E-state index is 13.2. The van der Waals surface area contributed by atoms with Gasteiger partial charge in [-0.25, -0.2) is 9.78 Å². The molecule has 5 rings (SSSR count). The normalized spacial score (nSPS) is 13.5. The summed E-state index contributed by atoms with van der Waals surface area (Å²) < 4.78 is 5.42. The van der Waals surface area contributed by atoms with Gasteiger partial charge in [0.25, 0.3) is 11.8 Å². The number of pyridine rings is 1. The fourth-order valence-corrected chi connectivity index (χ4v) is 5.04. The van der Waals surface area contributed by atoms with Crippen molar-refractivity contribution in [1.29, 1.82) is 0 Å². The van der Waals surface area contributed by atoms with Gasteiger partial charge in [0, 0.05) is 5.39 Å². The Bertz CT molecular complexity index is 1490. The van der Waals surface area contributed by atoms with Gasteiger partial charge < -0.3 is 15.8 Å². The molecule has 7 nitrogen and oxygen atoms in total. The molecule has 1 aliphatic carbocycles. The Hall–Kier alpha value is -4.30. The quantitative estimate of drug-likeness (QED) is 0.387. The second-order valence-corrected chi connectivity index (χ2v) is 8.98. The summed E-state index contributed by atoms with van der Waals surface area (Å²) in [4.78, 5) is 42.0. The number of amides is 2. The third-order valence-electron chi connectivity index (χ3n) is 5.80. The van der Waals surface area contributed by atoms with Crippen molar-refractivity contribution in [3.63, 3.8) is 0 Å². The number of para-hydroxylation sites is 1. The van der Waals surface area contributed by atoms with Gasteiger partial charge in [0.2, 0.25) is 0 Å². The fourth-order valence-electron chi connectivity index (χ4n) is 4.23. The summed E-state index contributed by atoms with van der Waals surface area (Å²) in [5, 5.41) is 5.24. The van der Waals surface area contributed by atoms with Crippen molar-refractivity contribution in [3.8, 4) is 0 Å². The molecular formula is C27H21N3O4S. The van der Waals surface area contributed by atoms with Gasteiger partial charge in [0.15, 0.2) is 6.61 Å². The molecule has 0 saturated heterocycles. The van der Waals surface area contributed by atoms with Gasteiger partial charge in [0.1, 0.15) is 5.00 Å². The first kappa shape index (κ1) is 22.5. The number of benzene rings is 2. The van der Waals surface area contributed by atoms with Gasteiger partial charge >= 0.3 is 5.97 Å². The number of ether oxygens (including phenoxy) is 1. The number of hydrogen-bond donors (Lipinski definition) is 2. The number of carbonyl (C=O) groups is 3. The Morgan fingerprint density at radius 3 is 2.60 bits per heavy atom. The molecule has 0 aliphatic heterocycles. The summed E-state index contributed by atoms with van der Waals surface area (Å²) in [6, 6.07) is 18.9. The van der Waals surface area contributed by atoms with E-state index in [9.17, 15) is 14.4 Å². The van der Waals surface area contributed by atoms with Crippen molar-refractivity contribution in [3.05, 3.63) is 94.0 Å². The minimum absolute atomic E-state index is 0.213. The second-order valence-electron chi connectivity index (χ2n) is 8.06. The van der Waals surface area contributed by atoms with Crippen LogP contribution in [0.4, 0.5) is 5.00 Å². The van der Waals surface area contributed by atoms with E-state index < -0.39 is 24.4 Å². The Labute approximate surface area is 205 Å². The largest absolute Gasteiger partial charge is 0.452 e. The van der Waals surface area contributed by atoms with Gasteiger partial charge in [-0.15, -0.1) is 11.3 Å². The number of hydrogen-bond acceptors (Lipinski definition) is 6. The summed E-state index contributed by atoms with van der Waals surface area (Å²) in [5.41, 5.74) is 10.4. The smallest absolute Gasteiger partial charge is 0.339 e. The van der Waals surface area contributed by atoms with Crippen LogP contribution in [0.5, 0.6) is 0 Å². The molecule has 4 aromatic rings. The molecule has 0 bridgehead atoms. The average molecular weight is 484 g/mol. The zero-order chi connectivity index (χ0) is 24.4. The number of anilines is 1. The number of esters is 1. The summed E-state index contributed by atoms with van der Waals surface area (Å²) in [5.74, 6) is -1.78. The molecule has 2 aromatic carbocycles. The monoisotopic (exact) mass is 483 g/mol. The van der Waals surface area contributed by atoms with Crippen molar-refractivity contribution in [1.82, 2.24) is 4.98 Å². The molecule has 174 valence electrons. The number of carbonyl (C=O) groups excluding carboxylic acids is 3. The summed E-state index contributed by atoms with van der Waals surface area (Å²) in [6.45, 7) is -0.493. The van der Waals surface area contributed by atoms with Crippen LogP contribution in [0, 0.1) is 0 Å². The minimum Gasteiger partial charge on any atom is -0.452 e. The van der Waals surface area contributed by atoms with Crippen molar-refractivity contribution < 1.29 is 19.1 Å². The number of thiophene rings is 1. The maximum Gasteiger partial charge on any atom is 0.339 e. The standard InChI is InChI=1S/C27H21N3O4S/c28-25(32)20-12-13-35-26(20)30-22(31)15-34-27(33)23-18-8-4-5-9-21(18)29-24-17(10-11-19(23)24)14-16-6-2-1-3-7-16/h1-9,12-14H,10-11,15H2,(H2,28,32)(H,30,31). The molecule has 2 aromatic heterocycles. The molecule has 1 aliphatic rings. The highest BCUT2D eigenvalue weighted by Gasteiger charge is 2.28. The third-order valence-corrected chi connectivity index (χ3v) is 6.63. The molecule has 2 amide bonds. The number of nitrogens with zero attached hydrogens (tertiary/aromatic N) is 1. The van der Waals surface area contributed by atoms with Crippen LogP contribution in [0.2, 0.25) is 0 Å². The highest BCUT2D eigenvalue weighted by Crippen LogP contribution is 2.37. The molecule has 8 heteroatoms. The first-order valence-electron chi connectivity index (χ1n) is 11.0. The van der Waals surface area contributed by atoms with Crippen LogP contribution < -0.4 is 11.1 Å². The third kappa shape index (κ3) is 4.56. The van der Waals surface area contributed by atoms with Crippen molar-refractivity contribution in [2.75, 3.05) is 11.9 Å². The van der Waals surface area contributed by atoms with Crippen molar-refractivity contribution in [2.45, 2.75) is 12.8 Å². The number of fused-ring (bicyclic) bond motifs is 2. The lowest BCUT2D eigenvalue weighted by Gasteiger charge is -2.12. The van der Waals surface area contributed by atoms with E-state index in [1.165, 1.54) is 17.4 Å². The molecular weight excluding hydrogens is 462 g/mol. The summed E-state index contributed by atoms with van der Waals surface area (Å²) in [6.07, 6.45) is 3.50. The van der Waals surface area contributed by atoms with Crippen LogP contribution in [0.25, 0.3) is 22.6 Å². The molecule has 0 spiro atoms. The predicted octanol–water partition coefficient (Wildman–Crippen LogP) is 4.68. The Morgan fingerprint density at radius 2 is 1.80 bits per heavy atom. The molecule has 0 fully saturated rings. The highest BCUT2D eigenvalue weighted by molar-refractivity contribution is 7.14. The van der Waals surface area contributed by atoms with E-state index in [0.29, 0.717) is 27.9 Å². The van der Waals surface area contributed by atoms with E-state index >= 15 is 0 Å². The van der Waals surface area contributed by atoms with Crippen LogP contribution in [0.3, 0.4) is 0 Å². The molecule has 2 heterocycles. The van der Waals surface area contributed by atoms with Gasteiger partial charge in [-0.05, 0) is 53.1 Å². The number of rotatable bonds is 6. The Balaban J connectivity index is 1.42. The first-order chi connectivity index (χ1) is 17.0. The average Bonchev–Trinajstić information content (AvgIpc) is 3.49. The van der Waals surface area contributed by atoms with Crippen LogP contribution in [-0.4, -0.2) is 29.4 Å². The van der Waals surface area contributed by atoms with Crippen molar-refractivity contribution in [2.24, 2.45) is 5.73 Å². The summed E-state index contributed by atoms with van der Waals surface area (Å²) >= 11 is 1.17. The van der Waals surface area contributed by atoms with E-state index in [4.69, 9.17) is 15.5 Å². The first-order valence-corrected chi connectivity index (χ1v) is 11.9. The van der Waals surface area contributed by atoms with E-state index in [1.807, 2.05) is 54.6 Å². The van der Waals surface area contributed by atoms with Crippen molar-refractivity contribution >= 4 is 56.7 Å². The number of primary amides is 1. The lowest BCUT2D eigenvalue weighted by atomic mass is 10.0. The topological polar surface area (TPSA) is 111 Å². The van der Waals surface area contributed by atoms with Crippen LogP contribution in [0.15, 0.2) is 66.0 Å². The maximum absolute atomic E-state index is 13.2. The van der Waals surface area contributed by atoms with E-state index in [0.717, 1.165) is 28.8 Å². The van der Waals surface area contributed by atoms with Gasteiger partial charge in [0.05, 0.1) is 22.3 Å². The van der Waals surface area contributed by atoms with E-state index in [1.54, 1.807) is 5.38 Å². The van der Waals surface area contributed by atoms with Gasteiger partial charge in [-0.3, -0.25) is 9.59 Å². The molecule has 0 atom stereocenters. The summed E-state index contributed by atoms with van der Waals surface area (Å²) in [7, 11) is 0. The van der Waals surface area contributed by atoms with E-state index in [2.05, 4.69) is 11.4 Å². The SMILES string of the molecule is NC(=O)c1ccsc1NC(=O)COC(=O)c1c2c(nc3ccccc13)C(=Cc1ccccc1)CC2. The van der Waals surface area contributed by atoms with Crippen LogP contribution >= 0.6 is 11.3 Å². The number of nitrogens with one attached hydrogen (secondary N) is 1. The molecule has 3 N–H and O–H groups in total. The number of nitrogens with two attached hydrogens (primary N) is 1. The zero-order valence-corrected chi connectivity index (χ0v) is 19.4. The lowest BCUT2D eigenvalue weighted by Crippen LogP contribution is -2.23. The molecule has 0 radical (unpaired) electrons. The van der Waals surface area contributed by atoms with E-state index in [-0.39, 0.29) is 5.56 Å². The second kappa shape index (κ2) is 9.52. The fraction of sp³-hybridized carbons (Fsp3) is 0.111. The molecule has 35 heavy (non-hydrogen) atoms. The number of aromatic nitrogens is 1. The van der Waals surface area contributed by atoms with Crippen LogP contribution in [0.1, 0.15) is 44.0 Å². The van der Waals surface area contributed by atoms with Gasteiger partial charge in [-0.2, -0.15) is 0 Å².